The summed E-state index contributed by atoms with van der Waals surface area (Å²) in [6, 6.07) is 8.24. The molecule has 104 valence electrons. The van der Waals surface area contributed by atoms with E-state index < -0.39 is 0 Å². The summed E-state index contributed by atoms with van der Waals surface area (Å²) in [6.07, 6.45) is 2.16. The summed E-state index contributed by atoms with van der Waals surface area (Å²) < 4.78 is 5.43. The topological polar surface area (TPSA) is 41.6 Å². The molecule has 1 aromatic carbocycles. The molecule has 2 rings (SSSR count). The molecule has 0 saturated carbocycles. The summed E-state index contributed by atoms with van der Waals surface area (Å²) in [5.74, 6) is 1.61. The van der Waals surface area contributed by atoms with E-state index in [1.54, 1.807) is 14.2 Å². The van der Waals surface area contributed by atoms with Gasteiger partial charge in [0.15, 0.2) is 0 Å². The number of nitrogens with one attached hydrogen (secondary N) is 1. The number of carbonyl (C=O) groups is 1. The zero-order chi connectivity index (χ0) is 13.7. The Kier molecular flexibility index (Phi) is 4.80. The molecule has 0 bridgehead atoms. The molecule has 1 N–H and O–H groups in total. The molecular weight excluding hydrogens is 240 g/mol. The van der Waals surface area contributed by atoms with Gasteiger partial charge in [0.1, 0.15) is 5.75 Å². The first-order valence-electron chi connectivity index (χ1n) is 6.80. The van der Waals surface area contributed by atoms with Crippen molar-refractivity contribution in [2.75, 3.05) is 33.8 Å². The number of hydrogen-bond donors (Lipinski definition) is 1. The van der Waals surface area contributed by atoms with Crippen LogP contribution in [0.3, 0.4) is 0 Å². The molecule has 0 aliphatic carbocycles. The van der Waals surface area contributed by atoms with Gasteiger partial charge in [-0.1, -0.05) is 18.2 Å². The van der Waals surface area contributed by atoms with Gasteiger partial charge in [-0.3, -0.25) is 9.69 Å². The van der Waals surface area contributed by atoms with Crippen LogP contribution in [-0.2, 0) is 4.79 Å². The molecule has 1 saturated heterocycles. The van der Waals surface area contributed by atoms with Crippen LogP contribution in [0.25, 0.3) is 0 Å². The molecule has 0 aromatic heterocycles. The smallest absolute Gasteiger partial charge is 0.233 e. The van der Waals surface area contributed by atoms with Gasteiger partial charge in [-0.25, -0.2) is 0 Å². The first-order chi connectivity index (χ1) is 9.24. The van der Waals surface area contributed by atoms with Gasteiger partial charge in [0.25, 0.3) is 0 Å². The number of nitrogens with zero attached hydrogens (tertiary/aromatic N) is 1. The first kappa shape index (κ1) is 13.9. The Morgan fingerprint density at radius 2 is 2.05 bits per heavy atom. The Morgan fingerprint density at radius 3 is 2.68 bits per heavy atom. The monoisotopic (exact) mass is 262 g/mol. The highest BCUT2D eigenvalue weighted by atomic mass is 16.5. The van der Waals surface area contributed by atoms with E-state index in [0.717, 1.165) is 31.7 Å². The van der Waals surface area contributed by atoms with Crippen LogP contribution in [0.15, 0.2) is 24.3 Å². The lowest BCUT2D eigenvalue weighted by molar-refractivity contribution is -0.122. The number of piperidine rings is 1. The predicted octanol–water partition coefficient (Wildman–Crippen LogP) is 1.62. The van der Waals surface area contributed by atoms with Crippen molar-refractivity contribution >= 4 is 5.91 Å². The molecular formula is C15H22N2O2. The van der Waals surface area contributed by atoms with Crippen molar-refractivity contribution in [1.29, 1.82) is 0 Å². The zero-order valence-electron chi connectivity index (χ0n) is 11.7. The van der Waals surface area contributed by atoms with E-state index in [0.29, 0.717) is 12.5 Å². The third-order valence-electron chi connectivity index (χ3n) is 3.81. The van der Waals surface area contributed by atoms with Crippen molar-refractivity contribution in [3.05, 3.63) is 29.8 Å². The lowest BCUT2D eigenvalue weighted by Crippen LogP contribution is -2.40. The standard InChI is InChI=1S/C15H22N2O2/c1-16-15(18)11-17-9-7-12(8-10-17)13-5-3-4-6-14(13)19-2/h3-6,12H,7-11H2,1-2H3,(H,16,18). The van der Waals surface area contributed by atoms with E-state index in [9.17, 15) is 4.79 Å². The Bertz CT molecular complexity index is 426. The summed E-state index contributed by atoms with van der Waals surface area (Å²) in [7, 11) is 3.41. The minimum absolute atomic E-state index is 0.0933. The summed E-state index contributed by atoms with van der Waals surface area (Å²) in [4.78, 5) is 13.6. The third-order valence-corrected chi connectivity index (χ3v) is 3.81. The molecule has 1 aliphatic heterocycles. The van der Waals surface area contributed by atoms with E-state index in [1.807, 2.05) is 12.1 Å². The van der Waals surface area contributed by atoms with E-state index >= 15 is 0 Å². The van der Waals surface area contributed by atoms with Crippen molar-refractivity contribution < 1.29 is 9.53 Å². The van der Waals surface area contributed by atoms with Crippen molar-refractivity contribution in [3.63, 3.8) is 0 Å². The predicted molar refractivity (Wildman–Crippen MR) is 75.5 cm³/mol. The fraction of sp³-hybridized carbons (Fsp3) is 0.533. The molecule has 0 radical (unpaired) electrons. The highest BCUT2D eigenvalue weighted by Gasteiger charge is 2.23. The quantitative estimate of drug-likeness (QED) is 0.896. The first-order valence-corrected chi connectivity index (χ1v) is 6.80. The molecule has 0 unspecified atom stereocenters. The second-order valence-corrected chi connectivity index (χ2v) is 4.97. The summed E-state index contributed by atoms with van der Waals surface area (Å²) >= 11 is 0. The van der Waals surface area contributed by atoms with E-state index in [-0.39, 0.29) is 5.91 Å². The lowest BCUT2D eigenvalue weighted by Gasteiger charge is -2.32. The second kappa shape index (κ2) is 6.57. The molecule has 1 aliphatic rings. The zero-order valence-corrected chi connectivity index (χ0v) is 11.7. The van der Waals surface area contributed by atoms with Gasteiger partial charge in [0.05, 0.1) is 13.7 Å². The van der Waals surface area contributed by atoms with Crippen LogP contribution in [0, 0.1) is 0 Å². The molecule has 0 spiro atoms. The molecule has 1 amide bonds. The van der Waals surface area contributed by atoms with Gasteiger partial charge in [-0.15, -0.1) is 0 Å². The van der Waals surface area contributed by atoms with E-state index in [1.165, 1.54) is 5.56 Å². The van der Waals surface area contributed by atoms with E-state index in [2.05, 4.69) is 22.3 Å². The van der Waals surface area contributed by atoms with Crippen molar-refractivity contribution in [3.8, 4) is 5.75 Å². The number of hydrogen-bond acceptors (Lipinski definition) is 3. The molecule has 1 heterocycles. The average molecular weight is 262 g/mol. The van der Waals surface area contributed by atoms with Crippen LogP contribution in [0.4, 0.5) is 0 Å². The highest BCUT2D eigenvalue weighted by Crippen LogP contribution is 2.33. The van der Waals surface area contributed by atoms with Crippen LogP contribution in [0.2, 0.25) is 0 Å². The lowest BCUT2D eigenvalue weighted by atomic mass is 9.89. The van der Waals surface area contributed by atoms with Gasteiger partial charge >= 0.3 is 0 Å². The highest BCUT2D eigenvalue weighted by molar-refractivity contribution is 5.77. The molecule has 4 nitrogen and oxygen atoms in total. The fourth-order valence-corrected chi connectivity index (χ4v) is 2.69. The maximum Gasteiger partial charge on any atom is 0.233 e. The fourth-order valence-electron chi connectivity index (χ4n) is 2.69. The number of rotatable bonds is 4. The van der Waals surface area contributed by atoms with Crippen LogP contribution in [0.5, 0.6) is 5.75 Å². The van der Waals surface area contributed by atoms with Crippen molar-refractivity contribution in [2.24, 2.45) is 0 Å². The largest absolute Gasteiger partial charge is 0.496 e. The van der Waals surface area contributed by atoms with Gasteiger partial charge < -0.3 is 10.1 Å². The average Bonchev–Trinajstić information content (AvgIpc) is 2.48. The Hall–Kier alpha value is -1.55. The van der Waals surface area contributed by atoms with Gasteiger partial charge in [-0.2, -0.15) is 0 Å². The molecule has 0 atom stereocenters. The second-order valence-electron chi connectivity index (χ2n) is 4.97. The summed E-state index contributed by atoms with van der Waals surface area (Å²) in [5, 5.41) is 2.67. The minimum atomic E-state index is 0.0933. The normalized spacial score (nSPS) is 17.2. The van der Waals surface area contributed by atoms with Crippen molar-refractivity contribution in [2.45, 2.75) is 18.8 Å². The van der Waals surface area contributed by atoms with Gasteiger partial charge in [-0.05, 0) is 43.5 Å². The van der Waals surface area contributed by atoms with Crippen LogP contribution < -0.4 is 10.1 Å². The number of likely N-dealkylation sites (tertiary alicyclic amines) is 1. The summed E-state index contributed by atoms with van der Waals surface area (Å²) in [5.41, 5.74) is 1.30. The number of methoxy groups -OCH3 is 1. The molecule has 1 aromatic rings. The minimum Gasteiger partial charge on any atom is -0.496 e. The van der Waals surface area contributed by atoms with E-state index in [4.69, 9.17) is 4.74 Å². The SMILES string of the molecule is CNC(=O)CN1CCC(c2ccccc2OC)CC1. The Labute approximate surface area is 114 Å². The molecule has 1 fully saturated rings. The van der Waals surface area contributed by atoms with Gasteiger partial charge in [0, 0.05) is 7.05 Å². The number of ether oxygens (including phenoxy) is 1. The Balaban J connectivity index is 1.94. The third kappa shape index (κ3) is 3.47. The van der Waals surface area contributed by atoms with Crippen molar-refractivity contribution in [1.82, 2.24) is 10.2 Å². The summed E-state index contributed by atoms with van der Waals surface area (Å²) in [6.45, 7) is 2.45. The van der Waals surface area contributed by atoms with Crippen LogP contribution in [-0.4, -0.2) is 44.6 Å². The number of carbonyl (C=O) groups excluding carboxylic acids is 1. The molecule has 19 heavy (non-hydrogen) atoms. The van der Waals surface area contributed by atoms with Crippen LogP contribution in [0.1, 0.15) is 24.3 Å². The Morgan fingerprint density at radius 1 is 1.37 bits per heavy atom. The number of likely N-dealkylation sites (N-methyl/N-ethyl adjacent to an activating group) is 1. The van der Waals surface area contributed by atoms with Gasteiger partial charge in [0.2, 0.25) is 5.91 Å². The maximum atomic E-state index is 11.4. The molecule has 4 heteroatoms. The number of benzene rings is 1. The maximum absolute atomic E-state index is 11.4. The van der Waals surface area contributed by atoms with Crippen LogP contribution >= 0.6 is 0 Å². The number of para-hydroxylation sites is 1. The number of amides is 1.